The number of hydrogen-bond acceptors (Lipinski definition) is 5. The predicted octanol–water partition coefficient (Wildman–Crippen LogP) is 3.94. The van der Waals surface area contributed by atoms with Gasteiger partial charge in [0.2, 0.25) is 0 Å². The maximum Gasteiger partial charge on any atom is 0.129 e. The maximum absolute atomic E-state index is 9.60. The highest BCUT2D eigenvalue weighted by atomic mass is 16.5. The van der Waals surface area contributed by atoms with Crippen molar-refractivity contribution >= 4 is 5.84 Å². The van der Waals surface area contributed by atoms with Crippen molar-refractivity contribution in [3.05, 3.63) is 89.5 Å². The standard InChI is InChI=1S/C22H20N2O3/c1-27-19-12-6-16(7-13-19)22-23-20(14-2-8-17(25)9-3-14)21(24-22)15-4-10-18(26)11-5-15/h2-13,20-21,25-26H,1H3,(H,23,24)/t20-,21+. The Morgan fingerprint density at radius 1 is 0.778 bits per heavy atom. The molecule has 0 radical (unpaired) electrons. The zero-order valence-corrected chi connectivity index (χ0v) is 14.8. The first kappa shape index (κ1) is 17.0. The number of phenols is 2. The van der Waals surface area contributed by atoms with E-state index < -0.39 is 0 Å². The molecule has 1 aliphatic heterocycles. The number of amidine groups is 1. The summed E-state index contributed by atoms with van der Waals surface area (Å²) in [6.07, 6.45) is 0. The van der Waals surface area contributed by atoms with Crippen molar-refractivity contribution in [3.63, 3.8) is 0 Å². The zero-order chi connectivity index (χ0) is 18.8. The lowest BCUT2D eigenvalue weighted by Crippen LogP contribution is -2.25. The highest BCUT2D eigenvalue weighted by Crippen LogP contribution is 2.38. The van der Waals surface area contributed by atoms with Gasteiger partial charge in [0.15, 0.2) is 0 Å². The van der Waals surface area contributed by atoms with E-state index in [9.17, 15) is 10.2 Å². The molecule has 0 spiro atoms. The van der Waals surface area contributed by atoms with Crippen LogP contribution in [-0.4, -0.2) is 23.2 Å². The summed E-state index contributed by atoms with van der Waals surface area (Å²) >= 11 is 0. The Labute approximate surface area is 157 Å². The first-order valence-corrected chi connectivity index (χ1v) is 8.70. The van der Waals surface area contributed by atoms with E-state index in [0.29, 0.717) is 0 Å². The van der Waals surface area contributed by atoms with E-state index in [0.717, 1.165) is 28.3 Å². The summed E-state index contributed by atoms with van der Waals surface area (Å²) in [5.41, 5.74) is 3.00. The van der Waals surface area contributed by atoms with Gasteiger partial charge in [0.05, 0.1) is 13.2 Å². The van der Waals surface area contributed by atoms with Crippen LogP contribution >= 0.6 is 0 Å². The number of ether oxygens (including phenoxy) is 1. The first-order chi connectivity index (χ1) is 13.1. The molecule has 136 valence electrons. The third-order valence-electron chi connectivity index (χ3n) is 4.73. The quantitative estimate of drug-likeness (QED) is 0.659. The van der Waals surface area contributed by atoms with E-state index >= 15 is 0 Å². The van der Waals surface area contributed by atoms with Crippen LogP contribution in [0.5, 0.6) is 17.2 Å². The van der Waals surface area contributed by atoms with Crippen molar-refractivity contribution in [1.29, 1.82) is 0 Å². The molecule has 0 bridgehead atoms. The molecule has 4 rings (SSSR count). The van der Waals surface area contributed by atoms with Crippen LogP contribution in [0.15, 0.2) is 77.8 Å². The molecule has 3 N–H and O–H groups in total. The molecule has 0 saturated carbocycles. The van der Waals surface area contributed by atoms with Crippen molar-refractivity contribution in [2.45, 2.75) is 12.1 Å². The normalized spacial score (nSPS) is 18.6. The SMILES string of the molecule is COc1ccc(C2=N[C@H](c3ccc(O)cc3)[C@H](c3ccc(O)cc3)N2)cc1. The van der Waals surface area contributed by atoms with Gasteiger partial charge in [-0.25, -0.2) is 0 Å². The summed E-state index contributed by atoms with van der Waals surface area (Å²) < 4.78 is 5.23. The molecule has 2 atom stereocenters. The Bertz CT molecular complexity index is 948. The number of methoxy groups -OCH3 is 1. The minimum atomic E-state index is -0.146. The van der Waals surface area contributed by atoms with Gasteiger partial charge in [0.1, 0.15) is 29.1 Å². The fourth-order valence-electron chi connectivity index (χ4n) is 3.27. The molecule has 0 saturated heterocycles. The van der Waals surface area contributed by atoms with Crippen LogP contribution in [0.25, 0.3) is 0 Å². The number of rotatable bonds is 4. The maximum atomic E-state index is 9.60. The second-order valence-electron chi connectivity index (χ2n) is 6.46. The molecular weight excluding hydrogens is 340 g/mol. The van der Waals surface area contributed by atoms with E-state index in [4.69, 9.17) is 9.73 Å². The first-order valence-electron chi connectivity index (χ1n) is 8.70. The lowest BCUT2D eigenvalue weighted by molar-refractivity contribution is 0.415. The van der Waals surface area contributed by atoms with Crippen molar-refractivity contribution in [1.82, 2.24) is 5.32 Å². The van der Waals surface area contributed by atoms with Crippen LogP contribution < -0.4 is 10.1 Å². The van der Waals surface area contributed by atoms with Crippen LogP contribution in [0, 0.1) is 0 Å². The zero-order valence-electron chi connectivity index (χ0n) is 14.8. The van der Waals surface area contributed by atoms with Gasteiger partial charge >= 0.3 is 0 Å². The van der Waals surface area contributed by atoms with Gasteiger partial charge in [-0.05, 0) is 59.7 Å². The topological polar surface area (TPSA) is 74.1 Å². The summed E-state index contributed by atoms with van der Waals surface area (Å²) in [5, 5.41) is 22.7. The molecule has 27 heavy (non-hydrogen) atoms. The molecular formula is C22H20N2O3. The number of nitrogens with zero attached hydrogens (tertiary/aromatic N) is 1. The number of aliphatic imine (C=N–C) groups is 1. The third-order valence-corrected chi connectivity index (χ3v) is 4.73. The summed E-state index contributed by atoms with van der Waals surface area (Å²) in [4.78, 5) is 4.91. The van der Waals surface area contributed by atoms with Gasteiger partial charge in [0, 0.05) is 5.56 Å². The van der Waals surface area contributed by atoms with Crippen LogP contribution in [0.2, 0.25) is 0 Å². The monoisotopic (exact) mass is 360 g/mol. The van der Waals surface area contributed by atoms with Crippen molar-refractivity contribution in [2.75, 3.05) is 7.11 Å². The van der Waals surface area contributed by atoms with Crippen LogP contribution in [0.3, 0.4) is 0 Å². The number of benzene rings is 3. The fourth-order valence-corrected chi connectivity index (χ4v) is 3.27. The number of phenolic OH excluding ortho intramolecular Hbond substituents is 2. The predicted molar refractivity (Wildman–Crippen MR) is 104 cm³/mol. The van der Waals surface area contributed by atoms with E-state index in [-0.39, 0.29) is 23.6 Å². The Morgan fingerprint density at radius 2 is 1.33 bits per heavy atom. The molecule has 5 nitrogen and oxygen atoms in total. The molecule has 3 aromatic carbocycles. The second-order valence-corrected chi connectivity index (χ2v) is 6.46. The molecule has 3 aromatic rings. The van der Waals surface area contributed by atoms with Gasteiger partial charge in [-0.3, -0.25) is 4.99 Å². The molecule has 0 fully saturated rings. The van der Waals surface area contributed by atoms with E-state index in [2.05, 4.69) is 5.32 Å². The Hall–Kier alpha value is -3.47. The summed E-state index contributed by atoms with van der Waals surface area (Å²) in [7, 11) is 1.64. The molecule has 1 heterocycles. The van der Waals surface area contributed by atoms with Gasteiger partial charge in [-0.2, -0.15) is 0 Å². The molecule has 0 unspecified atom stereocenters. The lowest BCUT2D eigenvalue weighted by atomic mass is 9.95. The van der Waals surface area contributed by atoms with Gasteiger partial charge in [-0.1, -0.05) is 24.3 Å². The van der Waals surface area contributed by atoms with Crippen LogP contribution in [0.4, 0.5) is 0 Å². The molecule has 0 aliphatic carbocycles. The molecule has 0 aromatic heterocycles. The number of hydrogen-bond donors (Lipinski definition) is 3. The minimum Gasteiger partial charge on any atom is -0.508 e. The smallest absolute Gasteiger partial charge is 0.129 e. The Balaban J connectivity index is 1.72. The van der Waals surface area contributed by atoms with Crippen molar-refractivity contribution in [3.8, 4) is 17.2 Å². The van der Waals surface area contributed by atoms with Gasteiger partial charge < -0.3 is 20.3 Å². The largest absolute Gasteiger partial charge is 0.508 e. The number of aromatic hydroxyl groups is 2. The Morgan fingerprint density at radius 3 is 1.89 bits per heavy atom. The van der Waals surface area contributed by atoms with Gasteiger partial charge in [0.25, 0.3) is 0 Å². The average Bonchev–Trinajstić information content (AvgIpc) is 3.14. The number of nitrogens with one attached hydrogen (secondary N) is 1. The lowest BCUT2D eigenvalue weighted by Gasteiger charge is -2.20. The fraction of sp³-hybridized carbons (Fsp3) is 0.136. The van der Waals surface area contributed by atoms with E-state index in [1.807, 2.05) is 48.5 Å². The van der Waals surface area contributed by atoms with Crippen molar-refractivity contribution in [2.24, 2.45) is 4.99 Å². The molecule has 0 amide bonds. The van der Waals surface area contributed by atoms with E-state index in [1.54, 1.807) is 31.4 Å². The highest BCUT2D eigenvalue weighted by molar-refractivity contribution is 6.00. The highest BCUT2D eigenvalue weighted by Gasteiger charge is 2.31. The molecule has 1 aliphatic rings. The minimum absolute atomic E-state index is 0.0766. The van der Waals surface area contributed by atoms with Crippen LogP contribution in [-0.2, 0) is 0 Å². The second kappa shape index (κ2) is 7.03. The Kier molecular flexibility index (Phi) is 4.42. The van der Waals surface area contributed by atoms with Gasteiger partial charge in [-0.15, -0.1) is 0 Å². The van der Waals surface area contributed by atoms with Crippen molar-refractivity contribution < 1.29 is 14.9 Å². The summed E-state index contributed by atoms with van der Waals surface area (Å²) in [6.45, 7) is 0. The third kappa shape index (κ3) is 3.44. The summed E-state index contributed by atoms with van der Waals surface area (Å²) in [6, 6.07) is 21.8. The average molecular weight is 360 g/mol. The summed E-state index contributed by atoms with van der Waals surface area (Å²) in [5.74, 6) is 2.05. The van der Waals surface area contributed by atoms with Crippen LogP contribution in [0.1, 0.15) is 28.8 Å². The van der Waals surface area contributed by atoms with E-state index in [1.165, 1.54) is 0 Å². The molecule has 5 heteroatoms.